The van der Waals surface area contributed by atoms with E-state index in [2.05, 4.69) is 0 Å². The zero-order valence-corrected chi connectivity index (χ0v) is 7.31. The lowest BCUT2D eigenvalue weighted by Gasteiger charge is -2.06. The summed E-state index contributed by atoms with van der Waals surface area (Å²) in [6.07, 6.45) is 2.55. The predicted molar refractivity (Wildman–Crippen MR) is 50.0 cm³/mol. The fraction of sp³-hybridized carbons (Fsp3) is 0.0909. The molecule has 1 aromatic carbocycles. The van der Waals surface area contributed by atoms with Gasteiger partial charge < -0.3 is 5.11 Å². The van der Waals surface area contributed by atoms with Crippen molar-refractivity contribution in [2.24, 2.45) is 0 Å². The molecular weight excluding hydrogens is 180 g/mol. The molecule has 0 aromatic heterocycles. The Balaban J connectivity index is 2.41. The number of phenolic OH excluding ortho intramolecular Hbond substituents is 1. The molecule has 1 aromatic rings. The van der Waals surface area contributed by atoms with E-state index in [9.17, 15) is 14.7 Å². The molecule has 0 amide bonds. The highest BCUT2D eigenvalue weighted by molar-refractivity contribution is 6.22. The van der Waals surface area contributed by atoms with Crippen LogP contribution in [-0.2, 0) is 9.59 Å². The van der Waals surface area contributed by atoms with Gasteiger partial charge in [0.15, 0.2) is 11.6 Å². The Kier molecular flexibility index (Phi) is 1.93. The molecular formula is C11H8O3. The molecule has 2 rings (SSSR count). The van der Waals surface area contributed by atoms with Crippen molar-refractivity contribution in [2.45, 2.75) is 5.92 Å². The summed E-state index contributed by atoms with van der Waals surface area (Å²) in [7, 11) is 0. The van der Waals surface area contributed by atoms with Gasteiger partial charge in [-0.1, -0.05) is 12.1 Å². The van der Waals surface area contributed by atoms with Gasteiger partial charge in [0.2, 0.25) is 0 Å². The number of carbonyl (C=O) groups is 2. The van der Waals surface area contributed by atoms with Crippen molar-refractivity contribution >= 4 is 11.6 Å². The maximum Gasteiger partial charge on any atom is 0.171 e. The van der Waals surface area contributed by atoms with Crippen LogP contribution in [0.25, 0.3) is 0 Å². The molecule has 0 heterocycles. The maximum atomic E-state index is 11.3. The summed E-state index contributed by atoms with van der Waals surface area (Å²) in [6, 6.07) is 6.21. The Hall–Kier alpha value is -1.90. The first-order valence-electron chi connectivity index (χ1n) is 4.23. The summed E-state index contributed by atoms with van der Waals surface area (Å²) < 4.78 is 0. The minimum atomic E-state index is -0.748. The highest BCUT2D eigenvalue weighted by Gasteiger charge is 2.29. The molecule has 14 heavy (non-hydrogen) atoms. The Bertz CT molecular complexity index is 414. The molecule has 3 heteroatoms. The summed E-state index contributed by atoms with van der Waals surface area (Å²) >= 11 is 0. The van der Waals surface area contributed by atoms with Crippen LogP contribution in [-0.4, -0.2) is 16.7 Å². The Morgan fingerprint density at radius 1 is 1.07 bits per heavy atom. The van der Waals surface area contributed by atoms with Crippen molar-refractivity contribution in [1.82, 2.24) is 0 Å². The van der Waals surface area contributed by atoms with Gasteiger partial charge in [0.1, 0.15) is 11.7 Å². The van der Waals surface area contributed by atoms with Gasteiger partial charge in [-0.3, -0.25) is 9.59 Å². The molecule has 0 radical (unpaired) electrons. The smallest absolute Gasteiger partial charge is 0.171 e. The van der Waals surface area contributed by atoms with E-state index in [1.165, 1.54) is 24.3 Å². The molecule has 0 spiro atoms. The molecule has 0 unspecified atom stereocenters. The van der Waals surface area contributed by atoms with Crippen molar-refractivity contribution in [2.75, 3.05) is 0 Å². The number of allylic oxidation sites excluding steroid dienone is 2. The molecule has 0 saturated carbocycles. The lowest BCUT2D eigenvalue weighted by atomic mass is 9.95. The van der Waals surface area contributed by atoms with Crippen molar-refractivity contribution in [1.29, 1.82) is 0 Å². The van der Waals surface area contributed by atoms with E-state index in [1.54, 1.807) is 12.1 Å². The third-order valence-corrected chi connectivity index (χ3v) is 2.18. The first-order chi connectivity index (χ1) is 6.68. The number of hydrogen-bond donors (Lipinski definition) is 1. The first kappa shape index (κ1) is 8.69. The summed E-state index contributed by atoms with van der Waals surface area (Å²) in [5.41, 5.74) is 0.546. The van der Waals surface area contributed by atoms with Gasteiger partial charge in [-0.15, -0.1) is 0 Å². The van der Waals surface area contributed by atoms with Crippen LogP contribution in [0.5, 0.6) is 5.75 Å². The number of ketones is 2. The van der Waals surface area contributed by atoms with Crippen molar-refractivity contribution < 1.29 is 14.7 Å². The Labute approximate surface area is 80.7 Å². The van der Waals surface area contributed by atoms with Crippen LogP contribution in [0.1, 0.15) is 11.5 Å². The molecule has 1 aliphatic carbocycles. The molecule has 0 bridgehead atoms. The summed E-state index contributed by atoms with van der Waals surface area (Å²) in [6.45, 7) is 0. The number of hydrogen-bond acceptors (Lipinski definition) is 3. The Morgan fingerprint density at radius 2 is 1.71 bits per heavy atom. The molecule has 0 saturated heterocycles. The third kappa shape index (κ3) is 1.33. The minimum Gasteiger partial charge on any atom is -0.508 e. The van der Waals surface area contributed by atoms with Crippen molar-refractivity contribution in [3.8, 4) is 5.75 Å². The van der Waals surface area contributed by atoms with Crippen LogP contribution < -0.4 is 0 Å². The van der Waals surface area contributed by atoms with E-state index >= 15 is 0 Å². The summed E-state index contributed by atoms with van der Waals surface area (Å²) in [4.78, 5) is 22.6. The van der Waals surface area contributed by atoms with Gasteiger partial charge in [0.05, 0.1) is 0 Å². The molecule has 1 N–H and O–H groups in total. The maximum absolute atomic E-state index is 11.3. The fourth-order valence-electron chi connectivity index (χ4n) is 1.53. The number of carbonyl (C=O) groups excluding carboxylic acids is 2. The van der Waals surface area contributed by atoms with E-state index < -0.39 is 5.92 Å². The highest BCUT2D eigenvalue weighted by Crippen LogP contribution is 2.25. The second-order valence-electron chi connectivity index (χ2n) is 3.17. The fourth-order valence-corrected chi connectivity index (χ4v) is 1.53. The monoisotopic (exact) mass is 188 g/mol. The van der Waals surface area contributed by atoms with Crippen LogP contribution in [0.3, 0.4) is 0 Å². The minimum absolute atomic E-state index is 0.0648. The van der Waals surface area contributed by atoms with Gasteiger partial charge >= 0.3 is 0 Å². The van der Waals surface area contributed by atoms with E-state index in [-0.39, 0.29) is 17.3 Å². The molecule has 0 atom stereocenters. The number of aromatic hydroxyl groups is 1. The number of rotatable bonds is 1. The predicted octanol–water partition coefficient (Wildman–Crippen LogP) is 1.18. The summed E-state index contributed by atoms with van der Waals surface area (Å²) in [5.74, 6) is -1.13. The van der Waals surface area contributed by atoms with Gasteiger partial charge in [-0.05, 0) is 29.8 Å². The van der Waals surface area contributed by atoms with Crippen LogP contribution in [0.2, 0.25) is 0 Å². The van der Waals surface area contributed by atoms with Crippen LogP contribution in [0, 0.1) is 0 Å². The topological polar surface area (TPSA) is 54.4 Å². The SMILES string of the molecule is O=C1C=CC(=O)C1c1cccc(O)c1. The van der Waals surface area contributed by atoms with Gasteiger partial charge in [0, 0.05) is 0 Å². The number of benzene rings is 1. The van der Waals surface area contributed by atoms with Gasteiger partial charge in [-0.2, -0.15) is 0 Å². The summed E-state index contributed by atoms with van der Waals surface area (Å²) in [5, 5.41) is 9.20. The van der Waals surface area contributed by atoms with E-state index in [0.29, 0.717) is 5.56 Å². The quantitative estimate of drug-likeness (QED) is 0.673. The molecule has 0 aliphatic heterocycles. The van der Waals surface area contributed by atoms with E-state index in [0.717, 1.165) is 0 Å². The van der Waals surface area contributed by atoms with Gasteiger partial charge in [-0.25, -0.2) is 0 Å². The van der Waals surface area contributed by atoms with Gasteiger partial charge in [0.25, 0.3) is 0 Å². The second-order valence-corrected chi connectivity index (χ2v) is 3.17. The molecule has 1 aliphatic rings. The average molecular weight is 188 g/mol. The highest BCUT2D eigenvalue weighted by atomic mass is 16.3. The second kappa shape index (κ2) is 3.10. The van der Waals surface area contributed by atoms with Crippen LogP contribution in [0.15, 0.2) is 36.4 Å². The van der Waals surface area contributed by atoms with Crippen LogP contribution >= 0.6 is 0 Å². The molecule has 70 valence electrons. The van der Waals surface area contributed by atoms with E-state index in [4.69, 9.17) is 0 Å². The zero-order valence-electron chi connectivity index (χ0n) is 7.31. The number of phenols is 1. The lowest BCUT2D eigenvalue weighted by Crippen LogP contribution is -2.12. The average Bonchev–Trinajstić information content (AvgIpc) is 2.46. The zero-order chi connectivity index (χ0) is 10.1. The largest absolute Gasteiger partial charge is 0.508 e. The molecule has 3 nitrogen and oxygen atoms in total. The standard InChI is InChI=1S/C11H8O3/c12-8-3-1-2-7(6-8)11-9(13)4-5-10(11)14/h1-6,11-12H. The first-order valence-corrected chi connectivity index (χ1v) is 4.23. The normalized spacial score (nSPS) is 16.6. The Morgan fingerprint density at radius 3 is 2.29 bits per heavy atom. The van der Waals surface area contributed by atoms with Crippen LogP contribution in [0.4, 0.5) is 0 Å². The lowest BCUT2D eigenvalue weighted by molar-refractivity contribution is -0.122. The van der Waals surface area contributed by atoms with Crippen molar-refractivity contribution in [3.63, 3.8) is 0 Å². The third-order valence-electron chi connectivity index (χ3n) is 2.18. The van der Waals surface area contributed by atoms with Crippen molar-refractivity contribution in [3.05, 3.63) is 42.0 Å². The van der Waals surface area contributed by atoms with E-state index in [1.807, 2.05) is 0 Å². The molecule has 0 fully saturated rings.